The minimum absolute atomic E-state index is 0.143. The van der Waals surface area contributed by atoms with Crippen LogP contribution in [0.3, 0.4) is 0 Å². The molecule has 1 heterocycles. The molecule has 1 aliphatic heterocycles. The van der Waals surface area contributed by atoms with Crippen LogP contribution in [0.25, 0.3) is 0 Å². The molecular formula is C19H28N2O5. The van der Waals surface area contributed by atoms with Gasteiger partial charge in [-0.25, -0.2) is 9.59 Å². The number of nitrogens with one attached hydrogen (secondary N) is 1. The molecule has 144 valence electrons. The number of alkyl carbamates (subject to hydrolysis) is 1. The van der Waals surface area contributed by atoms with Crippen molar-refractivity contribution in [3.8, 4) is 0 Å². The maximum atomic E-state index is 12.0. The number of amides is 2. The van der Waals surface area contributed by atoms with E-state index in [4.69, 9.17) is 14.2 Å². The molecule has 0 saturated carbocycles. The molecule has 1 aromatic carbocycles. The molecule has 2 amide bonds. The molecule has 2 rings (SSSR count). The van der Waals surface area contributed by atoms with Gasteiger partial charge in [0.2, 0.25) is 0 Å². The molecule has 1 aromatic rings. The average Bonchev–Trinajstić information content (AvgIpc) is 2.67. The van der Waals surface area contributed by atoms with Crippen molar-refractivity contribution in [2.75, 3.05) is 32.8 Å². The molecule has 7 nitrogen and oxygen atoms in total. The highest BCUT2D eigenvalue weighted by Gasteiger charge is 2.19. The number of carbonyl (C=O) groups is 2. The first-order chi connectivity index (χ1) is 12.6. The number of benzene rings is 1. The van der Waals surface area contributed by atoms with Gasteiger partial charge in [0.1, 0.15) is 12.7 Å². The highest BCUT2D eigenvalue weighted by molar-refractivity contribution is 5.68. The summed E-state index contributed by atoms with van der Waals surface area (Å²) in [6.45, 7) is 4.99. The van der Waals surface area contributed by atoms with Crippen molar-refractivity contribution in [1.82, 2.24) is 10.2 Å². The SMILES string of the molecule is C[C@@H](CCCCNC(=O)OCc1ccccc1)OC(=O)N1CCOCC1. The van der Waals surface area contributed by atoms with E-state index in [1.54, 1.807) is 4.90 Å². The third-order valence-electron chi connectivity index (χ3n) is 4.09. The molecule has 0 aromatic heterocycles. The number of rotatable bonds is 8. The lowest BCUT2D eigenvalue weighted by atomic mass is 10.2. The predicted octanol–water partition coefficient (Wildman–Crippen LogP) is 2.94. The number of nitrogens with zero attached hydrogens (tertiary/aromatic N) is 1. The fourth-order valence-corrected chi connectivity index (χ4v) is 2.57. The molecule has 1 aliphatic rings. The van der Waals surface area contributed by atoms with Gasteiger partial charge in [0.05, 0.1) is 13.2 Å². The summed E-state index contributed by atoms with van der Waals surface area (Å²) in [6, 6.07) is 9.55. The van der Waals surface area contributed by atoms with Crippen LogP contribution >= 0.6 is 0 Å². The van der Waals surface area contributed by atoms with E-state index >= 15 is 0 Å². The Balaban J connectivity index is 1.48. The van der Waals surface area contributed by atoms with Crippen molar-refractivity contribution in [3.05, 3.63) is 35.9 Å². The van der Waals surface area contributed by atoms with Gasteiger partial charge in [-0.2, -0.15) is 0 Å². The molecule has 0 unspecified atom stereocenters. The van der Waals surface area contributed by atoms with E-state index < -0.39 is 6.09 Å². The number of morpholine rings is 1. The van der Waals surface area contributed by atoms with Crippen LogP contribution in [-0.2, 0) is 20.8 Å². The van der Waals surface area contributed by atoms with Gasteiger partial charge in [-0.05, 0) is 31.7 Å². The Hall–Kier alpha value is -2.28. The summed E-state index contributed by atoms with van der Waals surface area (Å²) in [5, 5.41) is 2.73. The average molecular weight is 364 g/mol. The second kappa shape index (κ2) is 11.4. The lowest BCUT2D eigenvalue weighted by molar-refractivity contribution is 0.0139. The van der Waals surface area contributed by atoms with Crippen molar-refractivity contribution in [1.29, 1.82) is 0 Å². The molecule has 7 heteroatoms. The van der Waals surface area contributed by atoms with Gasteiger partial charge in [0, 0.05) is 19.6 Å². The molecule has 1 N–H and O–H groups in total. The van der Waals surface area contributed by atoms with Gasteiger partial charge in [-0.3, -0.25) is 0 Å². The fraction of sp³-hybridized carbons (Fsp3) is 0.579. The third kappa shape index (κ3) is 7.74. The number of hydrogen-bond donors (Lipinski definition) is 1. The summed E-state index contributed by atoms with van der Waals surface area (Å²) < 4.78 is 15.8. The van der Waals surface area contributed by atoms with E-state index in [1.807, 2.05) is 37.3 Å². The van der Waals surface area contributed by atoms with Gasteiger partial charge in [0.15, 0.2) is 0 Å². The second-order valence-electron chi connectivity index (χ2n) is 6.28. The second-order valence-corrected chi connectivity index (χ2v) is 6.28. The van der Waals surface area contributed by atoms with E-state index in [1.165, 1.54) is 0 Å². The largest absolute Gasteiger partial charge is 0.446 e. The molecular weight excluding hydrogens is 336 g/mol. The Labute approximate surface area is 154 Å². The first-order valence-electron chi connectivity index (χ1n) is 9.13. The minimum Gasteiger partial charge on any atom is -0.446 e. The summed E-state index contributed by atoms with van der Waals surface area (Å²) >= 11 is 0. The van der Waals surface area contributed by atoms with Gasteiger partial charge >= 0.3 is 12.2 Å². The maximum absolute atomic E-state index is 12.0. The number of ether oxygens (including phenoxy) is 3. The first kappa shape index (κ1) is 20.0. The maximum Gasteiger partial charge on any atom is 0.410 e. The quantitative estimate of drug-likeness (QED) is 0.718. The van der Waals surface area contributed by atoms with E-state index in [0.717, 1.165) is 24.8 Å². The summed E-state index contributed by atoms with van der Waals surface area (Å²) in [5.41, 5.74) is 0.957. The molecule has 1 fully saturated rings. The van der Waals surface area contributed by atoms with Crippen LogP contribution in [0.2, 0.25) is 0 Å². The van der Waals surface area contributed by atoms with Gasteiger partial charge in [0.25, 0.3) is 0 Å². The Morgan fingerprint density at radius 3 is 2.65 bits per heavy atom. The Bertz CT molecular complexity index is 546. The molecule has 1 saturated heterocycles. The van der Waals surface area contributed by atoms with Crippen LogP contribution in [0.4, 0.5) is 9.59 Å². The highest BCUT2D eigenvalue weighted by Crippen LogP contribution is 2.08. The summed E-state index contributed by atoms with van der Waals surface area (Å²) in [4.78, 5) is 25.2. The molecule has 0 spiro atoms. The van der Waals surface area contributed by atoms with Crippen molar-refractivity contribution < 1.29 is 23.8 Å². The first-order valence-corrected chi connectivity index (χ1v) is 9.13. The summed E-state index contributed by atoms with van der Waals surface area (Å²) in [7, 11) is 0. The van der Waals surface area contributed by atoms with Crippen LogP contribution in [0.5, 0.6) is 0 Å². The van der Waals surface area contributed by atoms with Gasteiger partial charge in [-0.15, -0.1) is 0 Å². The van der Waals surface area contributed by atoms with E-state index in [-0.39, 0.29) is 18.8 Å². The monoisotopic (exact) mass is 364 g/mol. The van der Waals surface area contributed by atoms with E-state index in [9.17, 15) is 9.59 Å². The van der Waals surface area contributed by atoms with Crippen molar-refractivity contribution in [2.45, 2.75) is 38.9 Å². The molecule has 0 aliphatic carbocycles. The number of carbonyl (C=O) groups excluding carboxylic acids is 2. The fourth-order valence-electron chi connectivity index (χ4n) is 2.57. The minimum atomic E-state index is -0.416. The topological polar surface area (TPSA) is 77.1 Å². The van der Waals surface area contributed by atoms with Crippen molar-refractivity contribution in [2.24, 2.45) is 0 Å². The predicted molar refractivity (Wildman–Crippen MR) is 96.8 cm³/mol. The van der Waals surface area contributed by atoms with Crippen LogP contribution in [0.15, 0.2) is 30.3 Å². The van der Waals surface area contributed by atoms with Crippen LogP contribution in [0, 0.1) is 0 Å². The molecule has 26 heavy (non-hydrogen) atoms. The van der Waals surface area contributed by atoms with Crippen LogP contribution in [0.1, 0.15) is 31.7 Å². The van der Waals surface area contributed by atoms with Gasteiger partial charge in [-0.1, -0.05) is 30.3 Å². The zero-order chi connectivity index (χ0) is 18.6. The normalized spacial score (nSPS) is 15.2. The Morgan fingerprint density at radius 1 is 1.19 bits per heavy atom. The Kier molecular flexibility index (Phi) is 8.75. The molecule has 1 atom stereocenters. The lowest BCUT2D eigenvalue weighted by Crippen LogP contribution is -2.42. The summed E-state index contributed by atoms with van der Waals surface area (Å²) in [6.07, 6.45) is 1.59. The number of hydrogen-bond acceptors (Lipinski definition) is 5. The lowest BCUT2D eigenvalue weighted by Gasteiger charge is -2.27. The van der Waals surface area contributed by atoms with Crippen molar-refractivity contribution >= 4 is 12.2 Å². The van der Waals surface area contributed by atoms with E-state index in [0.29, 0.717) is 32.8 Å². The van der Waals surface area contributed by atoms with Crippen LogP contribution in [-0.4, -0.2) is 56.0 Å². The number of unbranched alkanes of at least 4 members (excludes halogenated alkanes) is 1. The smallest absolute Gasteiger partial charge is 0.410 e. The zero-order valence-corrected chi connectivity index (χ0v) is 15.3. The Morgan fingerprint density at radius 2 is 1.92 bits per heavy atom. The highest BCUT2D eigenvalue weighted by atomic mass is 16.6. The standard InChI is InChI=1S/C19H28N2O5/c1-16(26-19(23)21-11-13-24-14-12-21)7-5-6-10-20-18(22)25-15-17-8-3-2-4-9-17/h2-4,8-9,16H,5-7,10-15H2,1H3,(H,20,22)/t16-/m0/s1. The van der Waals surface area contributed by atoms with E-state index in [2.05, 4.69) is 5.32 Å². The van der Waals surface area contributed by atoms with Crippen LogP contribution < -0.4 is 5.32 Å². The zero-order valence-electron chi connectivity index (χ0n) is 15.3. The van der Waals surface area contributed by atoms with Gasteiger partial charge < -0.3 is 24.4 Å². The van der Waals surface area contributed by atoms with Crippen molar-refractivity contribution in [3.63, 3.8) is 0 Å². The molecule has 0 bridgehead atoms. The summed E-state index contributed by atoms with van der Waals surface area (Å²) in [5.74, 6) is 0. The molecule has 0 radical (unpaired) electrons. The third-order valence-corrected chi connectivity index (χ3v) is 4.09.